The van der Waals surface area contributed by atoms with Gasteiger partial charge in [-0.2, -0.15) is 0 Å². The molecule has 0 aromatic heterocycles. The van der Waals surface area contributed by atoms with Gasteiger partial charge in [0.2, 0.25) is 0 Å². The summed E-state index contributed by atoms with van der Waals surface area (Å²) in [7, 11) is 3.36. The summed E-state index contributed by atoms with van der Waals surface area (Å²) in [5.74, 6) is 1.68. The monoisotopic (exact) mass is 281 g/mol. The van der Waals surface area contributed by atoms with Gasteiger partial charge in [-0.25, -0.2) is 0 Å². The number of hydrogen-bond acceptors (Lipinski definition) is 3. The van der Waals surface area contributed by atoms with E-state index in [-0.39, 0.29) is 0 Å². The molecule has 0 aliphatic carbocycles. The largest absolute Gasteiger partial charge is 0.497 e. The van der Waals surface area contributed by atoms with E-state index in [0.717, 1.165) is 30.2 Å². The lowest BCUT2D eigenvalue weighted by Crippen LogP contribution is -2.19. The van der Waals surface area contributed by atoms with Crippen LogP contribution >= 0.6 is 0 Å². The first-order valence-electron chi connectivity index (χ1n) is 7.01. The van der Waals surface area contributed by atoms with Gasteiger partial charge in [-0.3, -0.25) is 0 Å². The van der Waals surface area contributed by atoms with Crippen molar-refractivity contribution in [3.05, 3.63) is 65.4 Å². The zero-order valence-corrected chi connectivity index (χ0v) is 12.4. The van der Waals surface area contributed by atoms with Crippen LogP contribution < -0.4 is 9.47 Å². The zero-order valence-electron chi connectivity index (χ0n) is 12.4. The third-order valence-electron chi connectivity index (χ3n) is 3.76. The fourth-order valence-electron chi connectivity index (χ4n) is 2.61. The van der Waals surface area contributed by atoms with Crippen molar-refractivity contribution in [2.75, 3.05) is 14.2 Å². The first kappa shape index (κ1) is 13.6. The number of hydrogen-bond donors (Lipinski definition) is 0. The molecule has 3 nitrogen and oxygen atoms in total. The molecule has 0 saturated carbocycles. The standard InChI is InChI=1S/C18H19NO2/c1-20-17-8-7-16(18(11-17)21-2)13-19-10-9-14-5-3-4-6-15(14)12-19/h3-11H,12-13H2,1-2H3. The minimum Gasteiger partial charge on any atom is -0.497 e. The lowest BCUT2D eigenvalue weighted by atomic mass is 10.0. The number of nitrogens with zero attached hydrogens (tertiary/aromatic N) is 1. The summed E-state index contributed by atoms with van der Waals surface area (Å²) in [6, 6.07) is 14.5. The van der Waals surface area contributed by atoms with E-state index in [4.69, 9.17) is 9.47 Å². The first-order valence-corrected chi connectivity index (χ1v) is 7.01. The van der Waals surface area contributed by atoms with Gasteiger partial charge >= 0.3 is 0 Å². The van der Waals surface area contributed by atoms with Gasteiger partial charge in [-0.15, -0.1) is 0 Å². The molecule has 108 valence electrons. The van der Waals surface area contributed by atoms with Gasteiger partial charge in [0.05, 0.1) is 14.2 Å². The molecule has 0 fully saturated rings. The maximum atomic E-state index is 5.47. The number of fused-ring (bicyclic) bond motifs is 1. The van der Waals surface area contributed by atoms with Crippen LogP contribution in [-0.2, 0) is 13.1 Å². The second-order valence-electron chi connectivity index (χ2n) is 5.10. The summed E-state index contributed by atoms with van der Waals surface area (Å²) < 4.78 is 10.7. The minimum absolute atomic E-state index is 0.815. The molecule has 0 atom stereocenters. The molecule has 0 bridgehead atoms. The number of rotatable bonds is 4. The predicted molar refractivity (Wildman–Crippen MR) is 84.3 cm³/mol. The molecular weight excluding hydrogens is 262 g/mol. The molecule has 3 rings (SSSR count). The molecule has 1 heterocycles. The lowest BCUT2D eigenvalue weighted by Gasteiger charge is -2.26. The van der Waals surface area contributed by atoms with Crippen LogP contribution in [0.25, 0.3) is 6.08 Å². The zero-order chi connectivity index (χ0) is 14.7. The first-order chi connectivity index (χ1) is 10.3. The molecule has 3 heteroatoms. The average Bonchev–Trinajstić information content (AvgIpc) is 2.55. The van der Waals surface area contributed by atoms with E-state index in [1.165, 1.54) is 11.1 Å². The minimum atomic E-state index is 0.815. The van der Waals surface area contributed by atoms with Crippen LogP contribution in [0.1, 0.15) is 16.7 Å². The van der Waals surface area contributed by atoms with E-state index in [2.05, 4.69) is 47.5 Å². The molecule has 0 spiro atoms. The fourth-order valence-corrected chi connectivity index (χ4v) is 2.61. The summed E-state index contributed by atoms with van der Waals surface area (Å²) in [4.78, 5) is 2.28. The van der Waals surface area contributed by atoms with E-state index >= 15 is 0 Å². The van der Waals surface area contributed by atoms with E-state index in [1.54, 1.807) is 14.2 Å². The quantitative estimate of drug-likeness (QED) is 0.853. The fraction of sp³-hybridized carbons (Fsp3) is 0.222. The van der Waals surface area contributed by atoms with Crippen LogP contribution in [0.5, 0.6) is 11.5 Å². The Kier molecular flexibility index (Phi) is 3.82. The second-order valence-corrected chi connectivity index (χ2v) is 5.10. The molecule has 0 amide bonds. The van der Waals surface area contributed by atoms with Crippen molar-refractivity contribution in [2.24, 2.45) is 0 Å². The molecule has 0 saturated heterocycles. The summed E-state index contributed by atoms with van der Waals surface area (Å²) in [5, 5.41) is 0. The smallest absolute Gasteiger partial charge is 0.127 e. The molecule has 21 heavy (non-hydrogen) atoms. The van der Waals surface area contributed by atoms with Crippen LogP contribution in [0.4, 0.5) is 0 Å². The van der Waals surface area contributed by atoms with Crippen molar-refractivity contribution in [3.63, 3.8) is 0 Å². The van der Waals surface area contributed by atoms with Gasteiger partial charge in [-0.05, 0) is 29.3 Å². The Balaban J connectivity index is 1.79. The van der Waals surface area contributed by atoms with Crippen molar-refractivity contribution in [1.82, 2.24) is 4.90 Å². The maximum Gasteiger partial charge on any atom is 0.127 e. The van der Waals surface area contributed by atoms with Gasteiger partial charge in [0, 0.05) is 30.9 Å². The van der Waals surface area contributed by atoms with Gasteiger partial charge in [0.1, 0.15) is 11.5 Å². The Labute approximate surface area is 125 Å². The molecule has 2 aromatic carbocycles. The van der Waals surface area contributed by atoms with Crippen molar-refractivity contribution in [3.8, 4) is 11.5 Å². The highest BCUT2D eigenvalue weighted by Crippen LogP contribution is 2.28. The van der Waals surface area contributed by atoms with E-state index < -0.39 is 0 Å². The maximum absolute atomic E-state index is 5.47. The van der Waals surface area contributed by atoms with Crippen molar-refractivity contribution in [2.45, 2.75) is 13.1 Å². The summed E-state index contributed by atoms with van der Waals surface area (Å²) in [6.07, 6.45) is 4.31. The van der Waals surface area contributed by atoms with Gasteiger partial charge < -0.3 is 14.4 Å². The third-order valence-corrected chi connectivity index (χ3v) is 3.76. The highest BCUT2D eigenvalue weighted by molar-refractivity contribution is 5.55. The van der Waals surface area contributed by atoms with Crippen LogP contribution in [-0.4, -0.2) is 19.1 Å². The summed E-state index contributed by atoms with van der Waals surface area (Å²) in [5.41, 5.74) is 3.81. The Bertz CT molecular complexity index is 664. The van der Waals surface area contributed by atoms with E-state index in [0.29, 0.717) is 0 Å². The van der Waals surface area contributed by atoms with Crippen molar-refractivity contribution < 1.29 is 9.47 Å². The Morgan fingerprint density at radius 2 is 1.90 bits per heavy atom. The van der Waals surface area contributed by atoms with Crippen LogP contribution in [0.3, 0.4) is 0 Å². The molecule has 2 aromatic rings. The van der Waals surface area contributed by atoms with Gasteiger partial charge in [-0.1, -0.05) is 24.3 Å². The molecule has 0 N–H and O–H groups in total. The van der Waals surface area contributed by atoms with Crippen LogP contribution in [0, 0.1) is 0 Å². The highest BCUT2D eigenvalue weighted by atomic mass is 16.5. The van der Waals surface area contributed by atoms with Gasteiger partial charge in [0.15, 0.2) is 0 Å². The molecule has 0 unspecified atom stereocenters. The molecular formula is C18H19NO2. The average molecular weight is 281 g/mol. The molecule has 0 radical (unpaired) electrons. The SMILES string of the molecule is COc1ccc(CN2C=Cc3ccccc3C2)c(OC)c1. The Morgan fingerprint density at radius 3 is 2.71 bits per heavy atom. The number of benzene rings is 2. The highest BCUT2D eigenvalue weighted by Gasteiger charge is 2.13. The normalized spacial score (nSPS) is 13.0. The van der Waals surface area contributed by atoms with Crippen molar-refractivity contribution in [1.29, 1.82) is 0 Å². The van der Waals surface area contributed by atoms with E-state index in [9.17, 15) is 0 Å². The van der Waals surface area contributed by atoms with Crippen LogP contribution in [0.2, 0.25) is 0 Å². The Hall–Kier alpha value is -2.42. The summed E-state index contributed by atoms with van der Waals surface area (Å²) in [6.45, 7) is 1.74. The molecule has 1 aliphatic heterocycles. The topological polar surface area (TPSA) is 21.7 Å². The second kappa shape index (κ2) is 5.92. The Morgan fingerprint density at radius 1 is 1.05 bits per heavy atom. The third kappa shape index (κ3) is 2.87. The lowest BCUT2D eigenvalue weighted by molar-refractivity contribution is 0.342. The summed E-state index contributed by atoms with van der Waals surface area (Å²) >= 11 is 0. The predicted octanol–water partition coefficient (Wildman–Crippen LogP) is 3.69. The number of methoxy groups -OCH3 is 2. The van der Waals surface area contributed by atoms with E-state index in [1.807, 2.05) is 12.1 Å². The van der Waals surface area contributed by atoms with Gasteiger partial charge in [0.25, 0.3) is 0 Å². The molecule has 1 aliphatic rings. The van der Waals surface area contributed by atoms with Crippen LogP contribution in [0.15, 0.2) is 48.7 Å². The van der Waals surface area contributed by atoms with Crippen molar-refractivity contribution >= 4 is 6.08 Å². The number of ether oxygens (including phenoxy) is 2.